The highest BCUT2D eigenvalue weighted by atomic mass is 16.2. The smallest absolute Gasteiger partial charge is 0.331 e. The maximum Gasteiger partial charge on any atom is 0.331 e. The fourth-order valence-corrected chi connectivity index (χ4v) is 3.00. The van der Waals surface area contributed by atoms with Crippen molar-refractivity contribution in [2.45, 2.75) is 39.5 Å². The van der Waals surface area contributed by atoms with Crippen molar-refractivity contribution in [1.82, 2.24) is 24.2 Å². The van der Waals surface area contributed by atoms with E-state index in [2.05, 4.69) is 10.4 Å². The van der Waals surface area contributed by atoms with Gasteiger partial charge in [-0.25, -0.2) is 4.79 Å². The number of amides is 1. The van der Waals surface area contributed by atoms with Crippen molar-refractivity contribution in [2.24, 2.45) is 0 Å². The van der Waals surface area contributed by atoms with Crippen molar-refractivity contribution in [2.75, 3.05) is 0 Å². The lowest BCUT2D eigenvalue weighted by Crippen LogP contribution is -2.44. The van der Waals surface area contributed by atoms with Gasteiger partial charge in [0.15, 0.2) is 0 Å². The van der Waals surface area contributed by atoms with Crippen molar-refractivity contribution < 1.29 is 4.79 Å². The summed E-state index contributed by atoms with van der Waals surface area (Å²) in [4.78, 5) is 37.5. The van der Waals surface area contributed by atoms with E-state index in [-0.39, 0.29) is 30.6 Å². The van der Waals surface area contributed by atoms with Gasteiger partial charge in [0.1, 0.15) is 6.54 Å². The number of benzene rings is 1. The molecule has 2 aromatic heterocycles. The largest absolute Gasteiger partial charge is 0.350 e. The van der Waals surface area contributed by atoms with Crippen LogP contribution in [0.5, 0.6) is 0 Å². The van der Waals surface area contributed by atoms with E-state index in [1.54, 1.807) is 42.1 Å². The van der Waals surface area contributed by atoms with Gasteiger partial charge >= 0.3 is 5.69 Å². The Morgan fingerprint density at radius 1 is 1.19 bits per heavy atom. The summed E-state index contributed by atoms with van der Waals surface area (Å²) in [5.74, 6) is -0.293. The van der Waals surface area contributed by atoms with Crippen LogP contribution < -0.4 is 16.6 Å². The highest BCUT2D eigenvalue weighted by Crippen LogP contribution is 2.07. The van der Waals surface area contributed by atoms with E-state index in [1.807, 2.05) is 19.2 Å². The number of carbonyl (C=O) groups is 1. The molecule has 1 N–H and O–H groups in total. The van der Waals surface area contributed by atoms with E-state index in [9.17, 15) is 14.4 Å². The SMILES string of the molecule is CCn1c(=O)c2ccccc2n(CC(=O)N[C@H](C)Cn2cccn2)c1=O. The van der Waals surface area contributed by atoms with Gasteiger partial charge < -0.3 is 5.32 Å². The highest BCUT2D eigenvalue weighted by molar-refractivity contribution is 5.81. The third-order valence-corrected chi connectivity index (χ3v) is 4.18. The Hall–Kier alpha value is -3.16. The third kappa shape index (κ3) is 3.44. The summed E-state index contributed by atoms with van der Waals surface area (Å²) in [6.45, 7) is 4.23. The minimum atomic E-state index is -0.480. The van der Waals surface area contributed by atoms with Crippen LogP contribution in [0.25, 0.3) is 10.9 Å². The minimum absolute atomic E-state index is 0.150. The second-order valence-corrected chi connectivity index (χ2v) is 6.13. The maximum absolute atomic E-state index is 12.6. The summed E-state index contributed by atoms with van der Waals surface area (Å²) in [7, 11) is 0. The zero-order valence-corrected chi connectivity index (χ0v) is 14.8. The van der Waals surface area contributed by atoms with Crippen molar-refractivity contribution >= 4 is 16.8 Å². The number of hydrogen-bond acceptors (Lipinski definition) is 4. The van der Waals surface area contributed by atoms with Crippen LogP contribution in [-0.4, -0.2) is 30.9 Å². The van der Waals surface area contributed by atoms with E-state index in [0.717, 1.165) is 4.57 Å². The fourth-order valence-electron chi connectivity index (χ4n) is 3.00. The predicted molar refractivity (Wildman–Crippen MR) is 98.0 cm³/mol. The lowest BCUT2D eigenvalue weighted by atomic mass is 10.2. The van der Waals surface area contributed by atoms with E-state index < -0.39 is 5.69 Å². The number of fused-ring (bicyclic) bond motifs is 1. The molecule has 0 unspecified atom stereocenters. The molecule has 0 fully saturated rings. The quantitative estimate of drug-likeness (QED) is 0.700. The fraction of sp³-hybridized carbons (Fsp3) is 0.333. The molecule has 1 aromatic carbocycles. The molecule has 0 aliphatic carbocycles. The summed E-state index contributed by atoms with van der Waals surface area (Å²) in [5, 5.41) is 7.39. The molecule has 3 rings (SSSR count). The Bertz CT molecular complexity index is 1030. The zero-order valence-electron chi connectivity index (χ0n) is 14.8. The monoisotopic (exact) mass is 355 g/mol. The molecule has 0 saturated carbocycles. The Morgan fingerprint density at radius 2 is 1.96 bits per heavy atom. The Labute approximate surface area is 149 Å². The molecule has 8 heteroatoms. The first kappa shape index (κ1) is 17.7. The van der Waals surface area contributed by atoms with Gasteiger partial charge in [-0.05, 0) is 32.0 Å². The Balaban J connectivity index is 1.87. The van der Waals surface area contributed by atoms with Crippen LogP contribution in [0.1, 0.15) is 13.8 Å². The average molecular weight is 355 g/mol. The van der Waals surface area contributed by atoms with E-state index in [0.29, 0.717) is 17.4 Å². The van der Waals surface area contributed by atoms with Gasteiger partial charge in [0.25, 0.3) is 5.56 Å². The predicted octanol–water partition coefficient (Wildman–Crippen LogP) is 0.584. The second-order valence-electron chi connectivity index (χ2n) is 6.13. The maximum atomic E-state index is 12.6. The minimum Gasteiger partial charge on any atom is -0.350 e. The molecule has 1 amide bonds. The normalized spacial score (nSPS) is 12.2. The number of hydrogen-bond donors (Lipinski definition) is 1. The Morgan fingerprint density at radius 3 is 2.65 bits per heavy atom. The molecular formula is C18H21N5O3. The molecule has 3 aromatic rings. The van der Waals surface area contributed by atoms with Gasteiger partial charge in [-0.1, -0.05) is 12.1 Å². The summed E-state index contributed by atoms with van der Waals surface area (Å²) < 4.78 is 4.21. The van der Waals surface area contributed by atoms with Gasteiger partial charge in [0.05, 0.1) is 17.4 Å². The second kappa shape index (κ2) is 7.38. The lowest BCUT2D eigenvalue weighted by Gasteiger charge is -2.16. The molecule has 0 radical (unpaired) electrons. The van der Waals surface area contributed by atoms with E-state index in [1.165, 1.54) is 4.57 Å². The van der Waals surface area contributed by atoms with Crippen LogP contribution in [0, 0.1) is 0 Å². The number of rotatable bonds is 6. The summed E-state index contributed by atoms with van der Waals surface area (Å²) in [5.41, 5.74) is -0.357. The number of nitrogens with zero attached hydrogens (tertiary/aromatic N) is 4. The number of nitrogens with one attached hydrogen (secondary N) is 1. The highest BCUT2D eigenvalue weighted by Gasteiger charge is 2.15. The topological polar surface area (TPSA) is 90.9 Å². The summed E-state index contributed by atoms with van der Waals surface area (Å²) in [6, 6.07) is 8.49. The zero-order chi connectivity index (χ0) is 18.7. The lowest BCUT2D eigenvalue weighted by molar-refractivity contribution is -0.122. The van der Waals surface area contributed by atoms with Gasteiger partial charge in [-0.3, -0.25) is 23.4 Å². The number of carbonyl (C=O) groups excluding carboxylic acids is 1. The van der Waals surface area contributed by atoms with Crippen molar-refractivity contribution in [3.63, 3.8) is 0 Å². The molecule has 0 bridgehead atoms. The van der Waals surface area contributed by atoms with E-state index in [4.69, 9.17) is 0 Å². The van der Waals surface area contributed by atoms with Gasteiger partial charge in [0, 0.05) is 25.0 Å². The molecule has 0 spiro atoms. The van der Waals surface area contributed by atoms with Crippen LogP contribution in [0.4, 0.5) is 0 Å². The van der Waals surface area contributed by atoms with Crippen molar-refractivity contribution in [1.29, 1.82) is 0 Å². The summed E-state index contributed by atoms with van der Waals surface area (Å²) >= 11 is 0. The molecular weight excluding hydrogens is 334 g/mol. The van der Waals surface area contributed by atoms with Gasteiger partial charge in [0.2, 0.25) is 5.91 Å². The van der Waals surface area contributed by atoms with Crippen LogP contribution >= 0.6 is 0 Å². The first-order valence-electron chi connectivity index (χ1n) is 8.50. The van der Waals surface area contributed by atoms with Gasteiger partial charge in [-0.2, -0.15) is 5.10 Å². The van der Waals surface area contributed by atoms with E-state index >= 15 is 0 Å². The van der Waals surface area contributed by atoms with Crippen LogP contribution in [-0.2, 0) is 24.4 Å². The first-order chi connectivity index (χ1) is 12.5. The Kier molecular flexibility index (Phi) is 5.01. The molecule has 0 aliphatic rings. The average Bonchev–Trinajstić information content (AvgIpc) is 3.12. The molecule has 8 nitrogen and oxygen atoms in total. The van der Waals surface area contributed by atoms with Gasteiger partial charge in [-0.15, -0.1) is 0 Å². The first-order valence-corrected chi connectivity index (χ1v) is 8.50. The molecule has 1 atom stereocenters. The molecule has 0 aliphatic heterocycles. The standard InChI is InChI=1S/C18H21N5O3/c1-3-22-17(25)14-7-4-5-8-15(14)23(18(22)26)12-16(24)20-13(2)11-21-10-6-9-19-21/h4-10,13H,3,11-12H2,1-2H3,(H,20,24)/t13-/m1/s1. The number of para-hydroxylation sites is 1. The van der Waals surface area contributed by atoms with Crippen LogP contribution in [0.3, 0.4) is 0 Å². The van der Waals surface area contributed by atoms with Crippen molar-refractivity contribution in [3.8, 4) is 0 Å². The summed E-state index contributed by atoms with van der Waals surface area (Å²) in [6.07, 6.45) is 3.49. The number of aromatic nitrogens is 4. The third-order valence-electron chi connectivity index (χ3n) is 4.18. The van der Waals surface area contributed by atoms with Crippen molar-refractivity contribution in [3.05, 3.63) is 63.6 Å². The molecule has 136 valence electrons. The molecule has 0 saturated heterocycles. The molecule has 2 heterocycles. The molecule has 26 heavy (non-hydrogen) atoms. The van der Waals surface area contributed by atoms with Crippen LogP contribution in [0.15, 0.2) is 52.3 Å². The van der Waals surface area contributed by atoms with Crippen LogP contribution in [0.2, 0.25) is 0 Å².